The Bertz CT molecular complexity index is 1150. The number of rotatable bonds is 5. The van der Waals surface area contributed by atoms with Crippen molar-refractivity contribution in [2.75, 3.05) is 13.7 Å². The van der Waals surface area contributed by atoms with Crippen LogP contribution in [0.2, 0.25) is 0 Å². The fourth-order valence-electron chi connectivity index (χ4n) is 2.65. The highest BCUT2D eigenvalue weighted by Gasteiger charge is 2.13. The van der Waals surface area contributed by atoms with E-state index in [4.69, 9.17) is 15.9 Å². The van der Waals surface area contributed by atoms with Gasteiger partial charge < -0.3 is 14.0 Å². The number of carbonyl (C=O) groups excluding carboxylic acids is 2. The number of hydrogen-bond acceptors (Lipinski definition) is 5. The molecule has 6 nitrogen and oxygen atoms in total. The van der Waals surface area contributed by atoms with Gasteiger partial charge in [-0.3, -0.25) is 4.79 Å². The highest BCUT2D eigenvalue weighted by atomic mass is 32.1. The summed E-state index contributed by atoms with van der Waals surface area (Å²) >= 11 is 1.29. The number of nitrogens with zero attached hydrogens (tertiary/aromatic N) is 2. The minimum Gasteiger partial charge on any atom is -0.497 e. The van der Waals surface area contributed by atoms with Gasteiger partial charge in [0.1, 0.15) is 5.75 Å². The molecule has 0 aliphatic rings. The smallest absolute Gasteiger partial charge is 0.338 e. The second-order valence-electron chi connectivity index (χ2n) is 5.73. The van der Waals surface area contributed by atoms with Gasteiger partial charge in [0.25, 0.3) is 5.91 Å². The third kappa shape index (κ3) is 3.97. The summed E-state index contributed by atoms with van der Waals surface area (Å²) in [5.41, 5.74) is 1.65. The molecule has 0 aliphatic heterocycles. The molecule has 3 rings (SSSR count). The maximum Gasteiger partial charge on any atom is 0.338 e. The molecule has 0 atom stereocenters. The van der Waals surface area contributed by atoms with Crippen molar-refractivity contribution in [1.29, 1.82) is 0 Å². The normalized spacial score (nSPS) is 11.2. The predicted octanol–water partition coefficient (Wildman–Crippen LogP) is 3.26. The van der Waals surface area contributed by atoms with E-state index in [0.29, 0.717) is 28.3 Å². The van der Waals surface area contributed by atoms with Crippen LogP contribution in [0.4, 0.5) is 0 Å². The van der Waals surface area contributed by atoms with Crippen molar-refractivity contribution in [3.63, 3.8) is 0 Å². The van der Waals surface area contributed by atoms with Crippen LogP contribution in [0.5, 0.6) is 5.75 Å². The first-order chi connectivity index (χ1) is 13.6. The first-order valence-corrected chi connectivity index (χ1v) is 9.36. The molecule has 0 N–H and O–H groups in total. The number of carbonyl (C=O) groups is 2. The van der Waals surface area contributed by atoms with Gasteiger partial charge in [-0.1, -0.05) is 23.3 Å². The predicted molar refractivity (Wildman–Crippen MR) is 107 cm³/mol. The molecule has 28 heavy (non-hydrogen) atoms. The van der Waals surface area contributed by atoms with Crippen LogP contribution in [0, 0.1) is 12.3 Å². The van der Waals surface area contributed by atoms with E-state index in [1.54, 1.807) is 54.0 Å². The molecule has 1 amide bonds. The van der Waals surface area contributed by atoms with Crippen LogP contribution >= 0.6 is 11.3 Å². The summed E-state index contributed by atoms with van der Waals surface area (Å²) in [5.74, 6) is 2.36. The molecular weight excluding hydrogens is 376 g/mol. The summed E-state index contributed by atoms with van der Waals surface area (Å²) in [6.45, 7) is 2.31. The van der Waals surface area contributed by atoms with Crippen molar-refractivity contribution in [3.8, 4) is 18.1 Å². The number of thiazole rings is 1. The third-order valence-corrected chi connectivity index (χ3v) is 5.00. The largest absolute Gasteiger partial charge is 0.497 e. The number of aromatic nitrogens is 1. The number of amides is 1. The lowest BCUT2D eigenvalue weighted by atomic mass is 10.2. The molecule has 1 aromatic heterocycles. The Balaban J connectivity index is 2.09. The van der Waals surface area contributed by atoms with Crippen LogP contribution in [0.15, 0.2) is 47.5 Å². The number of hydrogen-bond donors (Lipinski definition) is 0. The average molecular weight is 394 g/mol. The van der Waals surface area contributed by atoms with Crippen molar-refractivity contribution >= 4 is 33.4 Å². The van der Waals surface area contributed by atoms with E-state index in [9.17, 15) is 9.59 Å². The van der Waals surface area contributed by atoms with E-state index in [2.05, 4.69) is 10.9 Å². The van der Waals surface area contributed by atoms with Crippen LogP contribution in [0.25, 0.3) is 10.2 Å². The van der Waals surface area contributed by atoms with Gasteiger partial charge in [-0.05, 0) is 43.3 Å². The molecule has 7 heteroatoms. The summed E-state index contributed by atoms with van der Waals surface area (Å²) in [4.78, 5) is 29.3. The highest BCUT2D eigenvalue weighted by molar-refractivity contribution is 7.16. The van der Waals surface area contributed by atoms with E-state index in [0.717, 1.165) is 10.2 Å². The van der Waals surface area contributed by atoms with Gasteiger partial charge in [0.05, 0.1) is 36.0 Å². The first-order valence-electron chi connectivity index (χ1n) is 8.54. The lowest BCUT2D eigenvalue weighted by Crippen LogP contribution is -2.16. The molecule has 0 saturated carbocycles. The van der Waals surface area contributed by atoms with Crippen molar-refractivity contribution in [2.24, 2.45) is 4.99 Å². The van der Waals surface area contributed by atoms with Gasteiger partial charge in [-0.2, -0.15) is 4.99 Å². The molecule has 3 aromatic rings. The molecule has 0 unspecified atom stereocenters. The molecular formula is C21H18N2O4S. The zero-order valence-corrected chi connectivity index (χ0v) is 16.3. The molecule has 0 radical (unpaired) electrons. The lowest BCUT2D eigenvalue weighted by Gasteiger charge is -2.03. The lowest BCUT2D eigenvalue weighted by molar-refractivity contribution is 0.0526. The fraction of sp³-hybridized carbons (Fsp3) is 0.190. The number of terminal acetylenes is 1. The van der Waals surface area contributed by atoms with Gasteiger partial charge in [-0.15, -0.1) is 6.42 Å². The second kappa shape index (κ2) is 8.55. The molecule has 0 saturated heterocycles. The Hall–Kier alpha value is -3.37. The summed E-state index contributed by atoms with van der Waals surface area (Å²) in [7, 11) is 1.54. The number of esters is 1. The van der Waals surface area contributed by atoms with Crippen LogP contribution in [-0.2, 0) is 11.3 Å². The zero-order valence-electron chi connectivity index (χ0n) is 15.5. The Labute approximate surface area is 166 Å². The van der Waals surface area contributed by atoms with E-state index in [1.807, 2.05) is 0 Å². The Morgan fingerprint density at radius 2 is 2.04 bits per heavy atom. The standard InChI is InChI=1S/C21H18N2O4S/c1-4-11-23-17-10-9-15(20(25)27-5-2)13-18(17)28-21(23)22-19(24)14-7-6-8-16(12-14)26-3/h1,6-10,12-13H,5,11H2,2-3H3. The van der Waals surface area contributed by atoms with Crippen LogP contribution in [0.3, 0.4) is 0 Å². The van der Waals surface area contributed by atoms with E-state index >= 15 is 0 Å². The van der Waals surface area contributed by atoms with Crippen LogP contribution in [-0.4, -0.2) is 30.2 Å². The van der Waals surface area contributed by atoms with Crippen molar-refractivity contribution in [2.45, 2.75) is 13.5 Å². The summed E-state index contributed by atoms with van der Waals surface area (Å²) < 4.78 is 12.8. The average Bonchev–Trinajstić information content (AvgIpc) is 3.04. The van der Waals surface area contributed by atoms with E-state index < -0.39 is 11.9 Å². The molecule has 0 fully saturated rings. The van der Waals surface area contributed by atoms with Crippen molar-refractivity contribution in [3.05, 3.63) is 58.4 Å². The molecule has 142 valence electrons. The fourth-order valence-corrected chi connectivity index (χ4v) is 3.72. The molecule has 0 spiro atoms. The van der Waals surface area contributed by atoms with Gasteiger partial charge in [0, 0.05) is 5.56 Å². The summed E-state index contributed by atoms with van der Waals surface area (Å²) in [5, 5.41) is 0. The molecule has 0 aliphatic carbocycles. The first kappa shape index (κ1) is 19.4. The van der Waals surface area contributed by atoms with Gasteiger partial charge in [0.15, 0.2) is 4.80 Å². The number of benzene rings is 2. The summed E-state index contributed by atoms with van der Waals surface area (Å²) in [6, 6.07) is 12.0. The minimum absolute atomic E-state index is 0.253. The van der Waals surface area contributed by atoms with Gasteiger partial charge in [0.2, 0.25) is 0 Å². The zero-order chi connectivity index (χ0) is 20.1. The second-order valence-corrected chi connectivity index (χ2v) is 6.74. The third-order valence-electron chi connectivity index (χ3n) is 3.96. The van der Waals surface area contributed by atoms with Crippen LogP contribution < -0.4 is 9.54 Å². The van der Waals surface area contributed by atoms with Gasteiger partial charge in [-0.25, -0.2) is 4.79 Å². The maximum atomic E-state index is 12.6. The molecule has 2 aromatic carbocycles. The monoisotopic (exact) mass is 394 g/mol. The van der Waals surface area contributed by atoms with Crippen molar-refractivity contribution < 1.29 is 19.1 Å². The Morgan fingerprint density at radius 3 is 2.75 bits per heavy atom. The van der Waals surface area contributed by atoms with E-state index in [-0.39, 0.29) is 6.54 Å². The van der Waals surface area contributed by atoms with E-state index in [1.165, 1.54) is 18.4 Å². The quantitative estimate of drug-likeness (QED) is 0.492. The topological polar surface area (TPSA) is 69.9 Å². The Morgan fingerprint density at radius 1 is 1.21 bits per heavy atom. The molecule has 0 bridgehead atoms. The number of fused-ring (bicyclic) bond motifs is 1. The molecule has 1 heterocycles. The SMILES string of the molecule is C#CCn1c(=NC(=O)c2cccc(OC)c2)sc2cc(C(=O)OCC)ccc21. The number of methoxy groups -OCH3 is 1. The number of ether oxygens (including phenoxy) is 2. The maximum absolute atomic E-state index is 12.6. The Kier molecular flexibility index (Phi) is 5.92. The highest BCUT2D eigenvalue weighted by Crippen LogP contribution is 2.20. The summed E-state index contributed by atoms with van der Waals surface area (Å²) in [6.07, 6.45) is 5.49. The van der Waals surface area contributed by atoms with Gasteiger partial charge >= 0.3 is 5.97 Å². The van der Waals surface area contributed by atoms with Crippen LogP contribution in [0.1, 0.15) is 27.6 Å². The van der Waals surface area contributed by atoms with Crippen molar-refractivity contribution in [1.82, 2.24) is 4.57 Å². The minimum atomic E-state index is -0.401.